The van der Waals surface area contributed by atoms with Gasteiger partial charge in [0.15, 0.2) is 0 Å². The molecule has 0 amide bonds. The highest BCUT2D eigenvalue weighted by atomic mass is 15.3. The predicted molar refractivity (Wildman–Crippen MR) is 82.1 cm³/mol. The molecule has 2 heterocycles. The van der Waals surface area contributed by atoms with E-state index in [9.17, 15) is 0 Å². The zero-order chi connectivity index (χ0) is 14.3. The van der Waals surface area contributed by atoms with Crippen molar-refractivity contribution < 1.29 is 0 Å². The van der Waals surface area contributed by atoms with Crippen molar-refractivity contribution in [1.29, 1.82) is 0 Å². The van der Waals surface area contributed by atoms with Gasteiger partial charge in [-0.05, 0) is 31.9 Å². The van der Waals surface area contributed by atoms with Gasteiger partial charge in [-0.25, -0.2) is 4.68 Å². The lowest BCUT2D eigenvalue weighted by molar-refractivity contribution is 0.839. The highest BCUT2D eigenvalue weighted by Gasteiger charge is 2.15. The molecule has 3 rings (SSSR count). The second kappa shape index (κ2) is 4.63. The Balaban J connectivity index is 2.37. The molecule has 0 saturated heterocycles. The minimum absolute atomic E-state index is 0.650. The summed E-state index contributed by atoms with van der Waals surface area (Å²) in [5.41, 5.74) is 12.2. The van der Waals surface area contributed by atoms with Crippen LogP contribution in [0.4, 0.5) is 5.69 Å². The molecule has 2 aromatic heterocycles. The summed E-state index contributed by atoms with van der Waals surface area (Å²) in [4.78, 5) is 4.38. The molecular weight excluding hydrogens is 248 g/mol. The van der Waals surface area contributed by atoms with Crippen molar-refractivity contribution in [2.24, 2.45) is 0 Å². The molecule has 0 fully saturated rings. The molecule has 0 unspecified atom stereocenters. The summed E-state index contributed by atoms with van der Waals surface area (Å²) in [6.45, 7) is 6.28. The summed E-state index contributed by atoms with van der Waals surface area (Å²) in [7, 11) is 0. The van der Waals surface area contributed by atoms with E-state index in [1.165, 1.54) is 5.56 Å². The van der Waals surface area contributed by atoms with Crippen LogP contribution in [-0.4, -0.2) is 14.8 Å². The minimum Gasteiger partial charge on any atom is -0.396 e. The SMILES string of the molecule is CCc1c(C)nn(-c2c(N)cnc3ccccc23)c1C. The van der Waals surface area contributed by atoms with Crippen molar-refractivity contribution >= 4 is 16.6 Å². The number of pyridine rings is 1. The number of fused-ring (bicyclic) bond motifs is 1. The molecule has 20 heavy (non-hydrogen) atoms. The Morgan fingerprint density at radius 3 is 2.65 bits per heavy atom. The number of anilines is 1. The third-order valence-electron chi connectivity index (χ3n) is 3.78. The van der Waals surface area contributed by atoms with Crippen LogP contribution in [-0.2, 0) is 6.42 Å². The summed E-state index contributed by atoms with van der Waals surface area (Å²) in [6.07, 6.45) is 2.68. The molecule has 0 spiro atoms. The van der Waals surface area contributed by atoms with Gasteiger partial charge in [-0.1, -0.05) is 25.1 Å². The molecule has 0 aliphatic rings. The Hall–Kier alpha value is -2.36. The molecule has 1 aromatic carbocycles. The van der Waals surface area contributed by atoms with Crippen LogP contribution in [0.3, 0.4) is 0 Å². The van der Waals surface area contributed by atoms with Crippen LogP contribution < -0.4 is 5.73 Å². The fourth-order valence-electron chi connectivity index (χ4n) is 2.78. The van der Waals surface area contributed by atoms with E-state index in [0.29, 0.717) is 5.69 Å². The van der Waals surface area contributed by atoms with E-state index in [2.05, 4.69) is 23.9 Å². The van der Waals surface area contributed by atoms with Crippen LogP contribution >= 0.6 is 0 Å². The molecule has 3 aromatic rings. The summed E-state index contributed by atoms with van der Waals surface area (Å²) < 4.78 is 1.95. The molecule has 0 aliphatic carbocycles. The number of aromatic nitrogens is 3. The highest BCUT2D eigenvalue weighted by Crippen LogP contribution is 2.28. The van der Waals surface area contributed by atoms with E-state index in [4.69, 9.17) is 5.73 Å². The first-order valence-electron chi connectivity index (χ1n) is 6.82. The zero-order valence-corrected chi connectivity index (χ0v) is 12.0. The molecule has 102 valence electrons. The number of nitrogen functional groups attached to an aromatic ring is 1. The first-order chi connectivity index (χ1) is 9.63. The summed E-state index contributed by atoms with van der Waals surface area (Å²) in [6, 6.07) is 8.01. The summed E-state index contributed by atoms with van der Waals surface area (Å²) in [5, 5.41) is 5.70. The average Bonchev–Trinajstić information content (AvgIpc) is 2.73. The Morgan fingerprint density at radius 2 is 1.95 bits per heavy atom. The molecule has 2 N–H and O–H groups in total. The molecule has 0 aliphatic heterocycles. The quantitative estimate of drug-likeness (QED) is 0.775. The predicted octanol–water partition coefficient (Wildman–Crippen LogP) is 3.18. The van der Waals surface area contributed by atoms with E-state index in [0.717, 1.165) is 34.4 Å². The minimum atomic E-state index is 0.650. The molecule has 4 heteroatoms. The molecule has 0 saturated carbocycles. The number of rotatable bonds is 2. The van der Waals surface area contributed by atoms with E-state index in [1.54, 1.807) is 6.20 Å². The number of hydrogen-bond acceptors (Lipinski definition) is 3. The Kier molecular flexibility index (Phi) is 2.93. The van der Waals surface area contributed by atoms with Crippen molar-refractivity contribution in [3.63, 3.8) is 0 Å². The Bertz CT molecular complexity index is 787. The van der Waals surface area contributed by atoms with Crippen molar-refractivity contribution in [3.8, 4) is 5.69 Å². The standard InChI is InChI=1S/C16H18N4/c1-4-12-10(2)19-20(11(12)3)16-13-7-5-6-8-15(13)18-9-14(16)17/h5-9H,4,17H2,1-3H3. The maximum absolute atomic E-state index is 6.17. The van der Waals surface area contributed by atoms with Crippen LogP contribution in [0.5, 0.6) is 0 Å². The van der Waals surface area contributed by atoms with Crippen LogP contribution in [0.15, 0.2) is 30.5 Å². The Morgan fingerprint density at radius 1 is 1.20 bits per heavy atom. The van der Waals surface area contributed by atoms with Gasteiger partial charge in [-0.2, -0.15) is 5.10 Å². The van der Waals surface area contributed by atoms with Crippen LogP contribution in [0.25, 0.3) is 16.6 Å². The van der Waals surface area contributed by atoms with E-state index < -0.39 is 0 Å². The molecule has 0 bridgehead atoms. The lowest BCUT2D eigenvalue weighted by Gasteiger charge is -2.11. The number of hydrogen-bond donors (Lipinski definition) is 1. The summed E-state index contributed by atoms with van der Waals surface area (Å²) >= 11 is 0. The molecular formula is C16H18N4. The normalized spacial score (nSPS) is 11.2. The van der Waals surface area contributed by atoms with Gasteiger partial charge in [-0.3, -0.25) is 4.98 Å². The summed E-state index contributed by atoms with van der Waals surface area (Å²) in [5.74, 6) is 0. The van der Waals surface area contributed by atoms with Crippen molar-refractivity contribution in [3.05, 3.63) is 47.4 Å². The second-order valence-corrected chi connectivity index (χ2v) is 4.99. The average molecular weight is 266 g/mol. The van der Waals surface area contributed by atoms with Crippen molar-refractivity contribution in [2.75, 3.05) is 5.73 Å². The number of aryl methyl sites for hydroxylation is 1. The number of benzene rings is 1. The largest absolute Gasteiger partial charge is 0.396 e. The van der Waals surface area contributed by atoms with Crippen molar-refractivity contribution in [1.82, 2.24) is 14.8 Å². The van der Waals surface area contributed by atoms with Gasteiger partial charge in [0.25, 0.3) is 0 Å². The zero-order valence-electron chi connectivity index (χ0n) is 12.0. The number of nitrogens with zero attached hydrogens (tertiary/aromatic N) is 3. The smallest absolute Gasteiger partial charge is 0.0987 e. The van der Waals surface area contributed by atoms with E-state index >= 15 is 0 Å². The maximum Gasteiger partial charge on any atom is 0.0987 e. The van der Waals surface area contributed by atoms with Gasteiger partial charge in [0, 0.05) is 11.1 Å². The first-order valence-corrected chi connectivity index (χ1v) is 6.82. The monoisotopic (exact) mass is 266 g/mol. The molecule has 0 atom stereocenters. The van der Waals surface area contributed by atoms with Crippen LogP contribution in [0, 0.1) is 13.8 Å². The molecule has 4 nitrogen and oxygen atoms in total. The topological polar surface area (TPSA) is 56.7 Å². The van der Waals surface area contributed by atoms with Gasteiger partial charge >= 0.3 is 0 Å². The lowest BCUT2D eigenvalue weighted by Crippen LogP contribution is -2.05. The number of nitrogens with two attached hydrogens (primary N) is 1. The van der Waals surface area contributed by atoms with Crippen LogP contribution in [0.1, 0.15) is 23.9 Å². The first kappa shape index (κ1) is 12.7. The van der Waals surface area contributed by atoms with Gasteiger partial charge in [0.1, 0.15) is 0 Å². The fraction of sp³-hybridized carbons (Fsp3) is 0.250. The van der Waals surface area contributed by atoms with Crippen LogP contribution in [0.2, 0.25) is 0 Å². The highest BCUT2D eigenvalue weighted by molar-refractivity contribution is 5.92. The third-order valence-corrected chi connectivity index (χ3v) is 3.78. The van der Waals surface area contributed by atoms with Gasteiger partial charge in [0.05, 0.1) is 28.8 Å². The van der Waals surface area contributed by atoms with Gasteiger partial charge in [-0.15, -0.1) is 0 Å². The van der Waals surface area contributed by atoms with E-state index in [1.807, 2.05) is 35.9 Å². The van der Waals surface area contributed by atoms with Gasteiger partial charge < -0.3 is 5.73 Å². The maximum atomic E-state index is 6.17. The van der Waals surface area contributed by atoms with Gasteiger partial charge in [0.2, 0.25) is 0 Å². The molecule has 0 radical (unpaired) electrons. The third kappa shape index (κ3) is 1.76. The lowest BCUT2D eigenvalue weighted by atomic mass is 10.1. The van der Waals surface area contributed by atoms with E-state index in [-0.39, 0.29) is 0 Å². The second-order valence-electron chi connectivity index (χ2n) is 4.99. The number of para-hydroxylation sites is 1. The Labute approximate surface area is 118 Å². The fourth-order valence-corrected chi connectivity index (χ4v) is 2.78. The van der Waals surface area contributed by atoms with Crippen molar-refractivity contribution in [2.45, 2.75) is 27.2 Å².